The van der Waals surface area contributed by atoms with Crippen LogP contribution >= 0.6 is 11.6 Å². The topological polar surface area (TPSA) is 41.6 Å². The van der Waals surface area contributed by atoms with Crippen molar-refractivity contribution in [3.8, 4) is 0 Å². The summed E-state index contributed by atoms with van der Waals surface area (Å²) in [4.78, 5) is 14.1. The molecule has 0 saturated carbocycles. The number of nitrogens with zero attached hydrogens (tertiary/aromatic N) is 1. The predicted octanol–water partition coefficient (Wildman–Crippen LogP) is 4.53. The van der Waals surface area contributed by atoms with E-state index in [9.17, 15) is 9.18 Å². The minimum absolute atomic E-state index is 0.0178. The standard InChI is InChI=1S/C18H26ClFN2O2/c1-12(13-7-8-16(20)15(19)10-13)21-11-14-6-5-9-22(14)17(23)24-18(2,3)4/h7-8,10,12,14,21H,5-6,9,11H2,1-4H3. The monoisotopic (exact) mass is 356 g/mol. The summed E-state index contributed by atoms with van der Waals surface area (Å²) < 4.78 is 18.7. The fourth-order valence-corrected chi connectivity index (χ4v) is 3.01. The highest BCUT2D eigenvalue weighted by Crippen LogP contribution is 2.23. The van der Waals surface area contributed by atoms with Crippen LogP contribution in [0.2, 0.25) is 5.02 Å². The zero-order chi connectivity index (χ0) is 17.9. The lowest BCUT2D eigenvalue weighted by molar-refractivity contribution is 0.0225. The van der Waals surface area contributed by atoms with Crippen LogP contribution < -0.4 is 5.32 Å². The molecule has 1 heterocycles. The summed E-state index contributed by atoms with van der Waals surface area (Å²) in [6, 6.07) is 4.86. The van der Waals surface area contributed by atoms with E-state index in [2.05, 4.69) is 5.32 Å². The molecule has 1 amide bonds. The largest absolute Gasteiger partial charge is 0.444 e. The zero-order valence-electron chi connectivity index (χ0n) is 14.7. The van der Waals surface area contributed by atoms with E-state index in [1.54, 1.807) is 17.0 Å². The number of rotatable bonds is 4. The first kappa shape index (κ1) is 19.0. The fourth-order valence-electron chi connectivity index (χ4n) is 2.82. The Bertz CT molecular complexity index is 589. The van der Waals surface area contributed by atoms with Gasteiger partial charge in [-0.15, -0.1) is 0 Å². The highest BCUT2D eigenvalue weighted by molar-refractivity contribution is 6.30. The highest BCUT2D eigenvalue weighted by atomic mass is 35.5. The summed E-state index contributed by atoms with van der Waals surface area (Å²) in [7, 11) is 0. The third-order valence-electron chi connectivity index (χ3n) is 4.11. The number of hydrogen-bond acceptors (Lipinski definition) is 3. The molecule has 0 bridgehead atoms. The van der Waals surface area contributed by atoms with Crippen molar-refractivity contribution in [2.24, 2.45) is 0 Å². The predicted molar refractivity (Wildman–Crippen MR) is 93.8 cm³/mol. The Morgan fingerprint density at radius 2 is 2.21 bits per heavy atom. The van der Waals surface area contributed by atoms with E-state index >= 15 is 0 Å². The quantitative estimate of drug-likeness (QED) is 0.861. The first-order chi connectivity index (χ1) is 11.2. The van der Waals surface area contributed by atoms with Gasteiger partial charge in [0.2, 0.25) is 0 Å². The number of halogens is 2. The maximum Gasteiger partial charge on any atom is 0.410 e. The van der Waals surface area contributed by atoms with Crippen molar-refractivity contribution < 1.29 is 13.9 Å². The molecule has 0 spiro atoms. The van der Waals surface area contributed by atoms with Crippen LogP contribution in [-0.2, 0) is 4.74 Å². The van der Waals surface area contributed by atoms with Gasteiger partial charge in [0.25, 0.3) is 0 Å². The number of carbonyl (C=O) groups is 1. The van der Waals surface area contributed by atoms with Crippen LogP contribution in [0.4, 0.5) is 9.18 Å². The van der Waals surface area contributed by atoms with E-state index in [0.29, 0.717) is 6.54 Å². The minimum Gasteiger partial charge on any atom is -0.444 e. The van der Waals surface area contributed by atoms with Gasteiger partial charge in [-0.25, -0.2) is 9.18 Å². The van der Waals surface area contributed by atoms with E-state index in [0.717, 1.165) is 24.9 Å². The molecule has 0 aliphatic carbocycles. The van der Waals surface area contributed by atoms with Gasteiger partial charge in [-0.05, 0) is 58.2 Å². The van der Waals surface area contributed by atoms with Gasteiger partial charge in [-0.3, -0.25) is 0 Å². The number of benzene rings is 1. The molecule has 24 heavy (non-hydrogen) atoms. The van der Waals surface area contributed by atoms with E-state index < -0.39 is 11.4 Å². The van der Waals surface area contributed by atoms with Gasteiger partial charge in [0, 0.05) is 25.2 Å². The first-order valence-electron chi connectivity index (χ1n) is 8.35. The van der Waals surface area contributed by atoms with E-state index in [1.807, 2.05) is 27.7 Å². The number of hydrogen-bond donors (Lipinski definition) is 1. The summed E-state index contributed by atoms with van der Waals surface area (Å²) in [6.45, 7) is 8.99. The Morgan fingerprint density at radius 3 is 2.83 bits per heavy atom. The van der Waals surface area contributed by atoms with Crippen LogP contribution in [0.25, 0.3) is 0 Å². The molecule has 1 aliphatic rings. The van der Waals surface area contributed by atoms with Crippen molar-refractivity contribution >= 4 is 17.7 Å². The van der Waals surface area contributed by atoms with Crippen LogP contribution in [0.1, 0.15) is 52.1 Å². The van der Waals surface area contributed by atoms with Crippen LogP contribution in [-0.4, -0.2) is 35.7 Å². The Balaban J connectivity index is 1.92. The number of amides is 1. The second kappa shape index (κ2) is 7.70. The summed E-state index contributed by atoms with van der Waals surface area (Å²) >= 11 is 5.84. The average Bonchev–Trinajstić information content (AvgIpc) is 2.94. The number of likely N-dealkylation sites (tertiary alicyclic amines) is 1. The second-order valence-electron chi connectivity index (χ2n) is 7.27. The summed E-state index contributed by atoms with van der Waals surface area (Å²) in [6.07, 6.45) is 1.66. The molecule has 4 nitrogen and oxygen atoms in total. The molecule has 1 aromatic rings. The van der Waals surface area contributed by atoms with Gasteiger partial charge in [0.15, 0.2) is 0 Å². The van der Waals surface area contributed by atoms with Crippen LogP contribution in [0, 0.1) is 5.82 Å². The molecule has 2 rings (SSSR count). The smallest absolute Gasteiger partial charge is 0.410 e. The number of nitrogens with one attached hydrogen (secondary N) is 1. The molecule has 1 aromatic carbocycles. The zero-order valence-corrected chi connectivity index (χ0v) is 15.5. The van der Waals surface area contributed by atoms with Gasteiger partial charge in [-0.1, -0.05) is 17.7 Å². The van der Waals surface area contributed by atoms with Gasteiger partial charge in [0.1, 0.15) is 11.4 Å². The molecular weight excluding hydrogens is 331 g/mol. The highest BCUT2D eigenvalue weighted by Gasteiger charge is 2.32. The molecular formula is C18H26ClFN2O2. The maximum absolute atomic E-state index is 13.3. The lowest BCUT2D eigenvalue weighted by Gasteiger charge is -2.29. The van der Waals surface area contributed by atoms with E-state index in [1.165, 1.54) is 6.07 Å². The molecule has 2 atom stereocenters. The maximum atomic E-state index is 13.3. The lowest BCUT2D eigenvalue weighted by atomic mass is 10.1. The Hall–Kier alpha value is -1.33. The molecule has 1 N–H and O–H groups in total. The Kier molecular flexibility index (Phi) is 6.10. The minimum atomic E-state index is -0.490. The van der Waals surface area contributed by atoms with Crippen molar-refractivity contribution in [2.45, 2.75) is 58.2 Å². The molecule has 134 valence electrons. The summed E-state index contributed by atoms with van der Waals surface area (Å²) in [5, 5.41) is 3.53. The summed E-state index contributed by atoms with van der Waals surface area (Å²) in [5.74, 6) is -0.417. The van der Waals surface area contributed by atoms with Gasteiger partial charge < -0.3 is 15.0 Å². The average molecular weight is 357 g/mol. The van der Waals surface area contributed by atoms with Crippen molar-refractivity contribution in [1.29, 1.82) is 0 Å². The van der Waals surface area contributed by atoms with Crippen LogP contribution in [0.5, 0.6) is 0 Å². The lowest BCUT2D eigenvalue weighted by Crippen LogP contribution is -2.44. The molecule has 6 heteroatoms. The molecule has 1 fully saturated rings. The molecule has 2 unspecified atom stereocenters. The molecule has 1 saturated heterocycles. The third-order valence-corrected chi connectivity index (χ3v) is 4.40. The van der Waals surface area contributed by atoms with Crippen LogP contribution in [0.3, 0.4) is 0 Å². The molecule has 0 radical (unpaired) electrons. The fraction of sp³-hybridized carbons (Fsp3) is 0.611. The third kappa shape index (κ3) is 5.08. The van der Waals surface area contributed by atoms with E-state index in [-0.39, 0.29) is 23.2 Å². The van der Waals surface area contributed by atoms with Crippen molar-refractivity contribution in [1.82, 2.24) is 10.2 Å². The Labute approximate surface area is 148 Å². The van der Waals surface area contributed by atoms with Crippen LogP contribution in [0.15, 0.2) is 18.2 Å². The normalized spacial score (nSPS) is 19.4. The van der Waals surface area contributed by atoms with E-state index in [4.69, 9.17) is 16.3 Å². The molecule has 1 aliphatic heterocycles. The van der Waals surface area contributed by atoms with Gasteiger partial charge in [-0.2, -0.15) is 0 Å². The SMILES string of the molecule is CC(NCC1CCCN1C(=O)OC(C)(C)C)c1ccc(F)c(Cl)c1. The Morgan fingerprint density at radius 1 is 1.50 bits per heavy atom. The van der Waals surface area contributed by atoms with Crippen molar-refractivity contribution in [2.75, 3.05) is 13.1 Å². The number of ether oxygens (including phenoxy) is 1. The summed E-state index contributed by atoms with van der Waals surface area (Å²) in [5.41, 5.74) is 0.429. The number of carbonyl (C=O) groups excluding carboxylic acids is 1. The van der Waals surface area contributed by atoms with Gasteiger partial charge >= 0.3 is 6.09 Å². The second-order valence-corrected chi connectivity index (χ2v) is 7.68. The van der Waals surface area contributed by atoms with Crippen molar-refractivity contribution in [3.63, 3.8) is 0 Å². The first-order valence-corrected chi connectivity index (χ1v) is 8.73. The van der Waals surface area contributed by atoms with Gasteiger partial charge in [0.05, 0.1) is 5.02 Å². The molecule has 0 aromatic heterocycles. The van der Waals surface area contributed by atoms with Crippen molar-refractivity contribution in [3.05, 3.63) is 34.6 Å².